The van der Waals surface area contributed by atoms with Crippen LogP contribution in [0, 0.1) is 5.82 Å². The van der Waals surface area contributed by atoms with E-state index in [0.29, 0.717) is 4.90 Å². The highest BCUT2D eigenvalue weighted by Gasteiger charge is 2.30. The maximum Gasteiger partial charge on any atom is 0.416 e. The third-order valence-corrected chi connectivity index (χ3v) is 3.87. The molecule has 0 saturated carbocycles. The molecule has 1 unspecified atom stereocenters. The van der Waals surface area contributed by atoms with Crippen molar-refractivity contribution in [1.82, 2.24) is 0 Å². The van der Waals surface area contributed by atoms with Gasteiger partial charge in [0.1, 0.15) is 5.82 Å². The van der Waals surface area contributed by atoms with Gasteiger partial charge in [-0.2, -0.15) is 13.2 Å². The molecule has 0 amide bonds. The molecule has 2 aromatic carbocycles. The van der Waals surface area contributed by atoms with Gasteiger partial charge in [0, 0.05) is 10.6 Å². The molecule has 0 aliphatic carbocycles. The first kappa shape index (κ1) is 15.9. The van der Waals surface area contributed by atoms with Crippen molar-refractivity contribution in [3.05, 3.63) is 65.5 Å². The van der Waals surface area contributed by atoms with Crippen LogP contribution in [0.1, 0.15) is 17.2 Å². The van der Waals surface area contributed by atoms with Gasteiger partial charge < -0.3 is 5.11 Å². The van der Waals surface area contributed by atoms with Crippen LogP contribution >= 0.6 is 11.8 Å². The van der Waals surface area contributed by atoms with Crippen molar-refractivity contribution in [3.63, 3.8) is 0 Å². The number of aliphatic hydroxyl groups is 1. The zero-order chi connectivity index (χ0) is 15.5. The summed E-state index contributed by atoms with van der Waals surface area (Å²) < 4.78 is 50.8. The van der Waals surface area contributed by atoms with Crippen molar-refractivity contribution in [2.75, 3.05) is 5.75 Å². The molecule has 0 aliphatic rings. The molecule has 0 saturated heterocycles. The highest BCUT2D eigenvalue weighted by atomic mass is 32.2. The van der Waals surface area contributed by atoms with Gasteiger partial charge in [-0.25, -0.2) is 4.39 Å². The molecule has 0 bridgehead atoms. The van der Waals surface area contributed by atoms with Crippen molar-refractivity contribution < 1.29 is 22.7 Å². The number of thioether (sulfide) groups is 1. The first-order chi connectivity index (χ1) is 9.86. The van der Waals surface area contributed by atoms with Gasteiger partial charge in [-0.3, -0.25) is 0 Å². The van der Waals surface area contributed by atoms with E-state index in [4.69, 9.17) is 0 Å². The largest absolute Gasteiger partial charge is 0.416 e. The summed E-state index contributed by atoms with van der Waals surface area (Å²) in [5.74, 6) is -0.251. The lowest BCUT2D eigenvalue weighted by molar-refractivity contribution is -0.137. The molecule has 0 radical (unpaired) electrons. The van der Waals surface area contributed by atoms with Crippen LogP contribution in [-0.4, -0.2) is 10.9 Å². The van der Waals surface area contributed by atoms with Crippen molar-refractivity contribution >= 4 is 11.8 Å². The summed E-state index contributed by atoms with van der Waals surface area (Å²) in [7, 11) is 0. The fraction of sp³-hybridized carbons (Fsp3) is 0.200. The Morgan fingerprint density at radius 1 is 1.05 bits per heavy atom. The van der Waals surface area contributed by atoms with Crippen molar-refractivity contribution in [1.29, 1.82) is 0 Å². The van der Waals surface area contributed by atoms with Gasteiger partial charge in [-0.15, -0.1) is 11.8 Å². The second kappa shape index (κ2) is 6.49. The first-order valence-corrected chi connectivity index (χ1v) is 7.08. The Labute approximate surface area is 123 Å². The van der Waals surface area contributed by atoms with Crippen LogP contribution in [0.4, 0.5) is 17.6 Å². The fourth-order valence-electron chi connectivity index (χ4n) is 1.75. The van der Waals surface area contributed by atoms with Gasteiger partial charge in [0.05, 0.1) is 11.7 Å². The van der Waals surface area contributed by atoms with E-state index in [2.05, 4.69) is 0 Å². The van der Waals surface area contributed by atoms with Crippen LogP contribution in [0.25, 0.3) is 0 Å². The Hall–Kier alpha value is -1.53. The molecule has 6 heteroatoms. The van der Waals surface area contributed by atoms with Gasteiger partial charge in [0.25, 0.3) is 0 Å². The minimum absolute atomic E-state index is 0.144. The Morgan fingerprint density at radius 2 is 1.76 bits per heavy atom. The zero-order valence-electron chi connectivity index (χ0n) is 10.8. The molecule has 0 fully saturated rings. The van der Waals surface area contributed by atoms with E-state index in [0.717, 1.165) is 12.1 Å². The molecule has 2 rings (SSSR count). The maximum atomic E-state index is 13.0. The van der Waals surface area contributed by atoms with Crippen LogP contribution in [0.15, 0.2) is 53.4 Å². The smallest absolute Gasteiger partial charge is 0.388 e. The summed E-state index contributed by atoms with van der Waals surface area (Å²) in [5, 5.41) is 9.96. The van der Waals surface area contributed by atoms with Crippen LogP contribution in [0.3, 0.4) is 0 Å². The van der Waals surface area contributed by atoms with E-state index in [9.17, 15) is 22.7 Å². The summed E-state index contributed by atoms with van der Waals surface area (Å²) in [6.45, 7) is 0. The molecule has 0 spiro atoms. The summed E-state index contributed by atoms with van der Waals surface area (Å²) >= 11 is 1.18. The lowest BCUT2D eigenvalue weighted by atomic mass is 10.1. The lowest BCUT2D eigenvalue weighted by Crippen LogP contribution is -2.07. The van der Waals surface area contributed by atoms with Gasteiger partial charge in [0.15, 0.2) is 0 Å². The molecule has 0 aliphatic heterocycles. The average Bonchev–Trinajstić information content (AvgIpc) is 2.44. The fourth-order valence-corrected chi connectivity index (χ4v) is 2.66. The molecule has 1 atom stereocenters. The minimum atomic E-state index is -4.44. The molecular weight excluding hydrogens is 304 g/mol. The average molecular weight is 316 g/mol. The monoisotopic (exact) mass is 316 g/mol. The van der Waals surface area contributed by atoms with E-state index in [1.807, 2.05) is 0 Å². The van der Waals surface area contributed by atoms with E-state index in [1.165, 1.54) is 42.1 Å². The molecule has 0 heterocycles. The van der Waals surface area contributed by atoms with Gasteiger partial charge in [-0.05, 0) is 35.9 Å². The number of alkyl halides is 3. The number of hydrogen-bond acceptors (Lipinski definition) is 2. The third-order valence-electron chi connectivity index (χ3n) is 2.80. The zero-order valence-corrected chi connectivity index (χ0v) is 11.6. The lowest BCUT2D eigenvalue weighted by Gasteiger charge is -2.13. The third kappa shape index (κ3) is 4.47. The van der Waals surface area contributed by atoms with Crippen LogP contribution in [-0.2, 0) is 6.18 Å². The summed E-state index contributed by atoms with van der Waals surface area (Å²) in [5.41, 5.74) is -0.608. The quantitative estimate of drug-likeness (QED) is 0.653. The van der Waals surface area contributed by atoms with Gasteiger partial charge in [0.2, 0.25) is 0 Å². The Balaban J connectivity index is 2.05. The van der Waals surface area contributed by atoms with Gasteiger partial charge >= 0.3 is 6.18 Å². The SMILES string of the molecule is OC(CSc1cccc(F)c1)c1cccc(C(F)(F)F)c1. The van der Waals surface area contributed by atoms with Gasteiger partial charge in [-0.1, -0.05) is 18.2 Å². The summed E-state index contributed by atoms with van der Waals surface area (Å²) in [4.78, 5) is 0.612. The van der Waals surface area contributed by atoms with Crippen molar-refractivity contribution in [2.24, 2.45) is 0 Å². The first-order valence-electron chi connectivity index (χ1n) is 6.10. The molecule has 21 heavy (non-hydrogen) atoms. The Morgan fingerprint density at radius 3 is 2.43 bits per heavy atom. The minimum Gasteiger partial charge on any atom is -0.388 e. The number of rotatable bonds is 4. The number of aliphatic hydroxyl groups excluding tert-OH is 1. The normalized spacial score (nSPS) is 13.2. The van der Waals surface area contributed by atoms with Crippen LogP contribution < -0.4 is 0 Å². The standard InChI is InChI=1S/C15H12F4OS/c16-12-5-2-6-13(8-12)21-9-14(20)10-3-1-4-11(7-10)15(17,18)19/h1-8,14,20H,9H2. The summed E-state index contributed by atoms with van der Waals surface area (Å²) in [6, 6.07) is 10.4. The predicted octanol–water partition coefficient (Wildman–Crippen LogP) is 4.67. The highest BCUT2D eigenvalue weighted by Crippen LogP contribution is 2.32. The molecule has 2 aromatic rings. The van der Waals surface area contributed by atoms with E-state index in [-0.39, 0.29) is 11.3 Å². The van der Waals surface area contributed by atoms with E-state index < -0.39 is 23.7 Å². The Kier molecular flexibility index (Phi) is 4.90. The molecule has 112 valence electrons. The molecule has 0 aromatic heterocycles. The predicted molar refractivity (Wildman–Crippen MR) is 73.5 cm³/mol. The number of halogens is 4. The van der Waals surface area contributed by atoms with E-state index >= 15 is 0 Å². The van der Waals surface area contributed by atoms with Crippen molar-refractivity contribution in [3.8, 4) is 0 Å². The molecule has 1 N–H and O–H groups in total. The second-order valence-electron chi connectivity index (χ2n) is 4.41. The Bertz CT molecular complexity index is 613. The number of hydrogen-bond donors (Lipinski definition) is 1. The number of benzene rings is 2. The van der Waals surface area contributed by atoms with Crippen LogP contribution in [0.2, 0.25) is 0 Å². The highest BCUT2D eigenvalue weighted by molar-refractivity contribution is 7.99. The van der Waals surface area contributed by atoms with E-state index in [1.54, 1.807) is 6.07 Å². The van der Waals surface area contributed by atoms with Crippen molar-refractivity contribution in [2.45, 2.75) is 17.2 Å². The second-order valence-corrected chi connectivity index (χ2v) is 5.50. The maximum absolute atomic E-state index is 13.0. The van der Waals surface area contributed by atoms with Crippen LogP contribution in [0.5, 0.6) is 0 Å². The molecular formula is C15H12F4OS. The topological polar surface area (TPSA) is 20.2 Å². The summed E-state index contributed by atoms with van der Waals surface area (Å²) in [6.07, 6.45) is -5.49. The molecule has 1 nitrogen and oxygen atoms in total.